The van der Waals surface area contributed by atoms with Crippen LogP contribution in [0.1, 0.15) is 89.2 Å². The lowest BCUT2D eigenvalue weighted by atomic mass is 9.91. The Morgan fingerprint density at radius 2 is 1.57 bits per heavy atom. The first-order valence-corrected chi connectivity index (χ1v) is 13.7. The average molecular weight is 500 g/mol. The molecule has 2 rings (SSSR count). The number of aliphatic hydroxyl groups excluding tert-OH is 1. The Labute approximate surface area is 214 Å². The zero-order valence-corrected chi connectivity index (χ0v) is 22.2. The number of hydrogen-bond donors (Lipinski definition) is 3. The molecule has 5 nitrogen and oxygen atoms in total. The molecule has 0 bridgehead atoms. The lowest BCUT2D eigenvalue weighted by Crippen LogP contribution is -2.26. The van der Waals surface area contributed by atoms with Crippen LogP contribution in [-0.2, 0) is 16.0 Å². The van der Waals surface area contributed by atoms with Crippen molar-refractivity contribution in [3.8, 4) is 0 Å². The van der Waals surface area contributed by atoms with Gasteiger partial charge in [0.2, 0.25) is 5.91 Å². The zero-order valence-electron chi connectivity index (χ0n) is 21.3. The standard InChI is InChI=1S/C29H41NO4S/c1-4-5-6-7-8-9-10-13-23-16-18-24(19-17-23)25(29(33)34)20-27(32)21(2)35-28-15-12-11-14-26(28)30-22(3)31/h11-12,14-19,21,25,27,32H,4-10,13,20H2,1-3H3,(H,30,31)(H,33,34). The van der Waals surface area contributed by atoms with Gasteiger partial charge in [0.15, 0.2) is 0 Å². The molecule has 2 aromatic carbocycles. The van der Waals surface area contributed by atoms with Crippen molar-refractivity contribution in [2.75, 3.05) is 5.32 Å². The molecule has 3 atom stereocenters. The number of carbonyl (C=O) groups is 2. The summed E-state index contributed by atoms with van der Waals surface area (Å²) in [6, 6.07) is 15.3. The second-order valence-electron chi connectivity index (χ2n) is 9.31. The molecule has 0 saturated carbocycles. The van der Waals surface area contributed by atoms with Crippen LogP contribution in [0, 0.1) is 0 Å². The third kappa shape index (κ3) is 10.5. The Morgan fingerprint density at radius 1 is 0.943 bits per heavy atom. The molecule has 35 heavy (non-hydrogen) atoms. The zero-order chi connectivity index (χ0) is 25.6. The number of carboxylic acid groups (broad SMARTS) is 1. The van der Waals surface area contributed by atoms with Crippen LogP contribution in [-0.4, -0.2) is 33.4 Å². The first-order valence-electron chi connectivity index (χ1n) is 12.8. The van der Waals surface area contributed by atoms with Gasteiger partial charge in [-0.2, -0.15) is 0 Å². The fraction of sp³-hybridized carbons (Fsp3) is 0.517. The van der Waals surface area contributed by atoms with Crippen LogP contribution >= 0.6 is 11.8 Å². The largest absolute Gasteiger partial charge is 0.481 e. The van der Waals surface area contributed by atoms with Crippen molar-refractivity contribution in [1.29, 1.82) is 0 Å². The van der Waals surface area contributed by atoms with E-state index >= 15 is 0 Å². The molecule has 0 fully saturated rings. The van der Waals surface area contributed by atoms with E-state index in [1.54, 1.807) is 0 Å². The molecule has 3 N–H and O–H groups in total. The van der Waals surface area contributed by atoms with Crippen molar-refractivity contribution in [1.82, 2.24) is 0 Å². The Bertz CT molecular complexity index is 915. The molecular weight excluding hydrogens is 458 g/mol. The molecule has 3 unspecified atom stereocenters. The monoisotopic (exact) mass is 499 g/mol. The molecule has 0 aliphatic rings. The number of nitrogens with one attached hydrogen (secondary N) is 1. The van der Waals surface area contributed by atoms with Crippen LogP contribution < -0.4 is 5.32 Å². The predicted octanol–water partition coefficient (Wildman–Crippen LogP) is 7.04. The van der Waals surface area contributed by atoms with E-state index in [9.17, 15) is 19.8 Å². The fourth-order valence-electron chi connectivity index (χ4n) is 4.16. The summed E-state index contributed by atoms with van der Waals surface area (Å²) in [5.74, 6) is -1.86. The van der Waals surface area contributed by atoms with Crippen molar-refractivity contribution in [3.05, 3.63) is 59.7 Å². The van der Waals surface area contributed by atoms with E-state index in [0.717, 1.165) is 23.3 Å². The molecule has 0 aliphatic heterocycles. The maximum absolute atomic E-state index is 12.0. The normalized spacial score (nSPS) is 13.7. The second kappa shape index (κ2) is 15.6. The Balaban J connectivity index is 1.91. The third-order valence-electron chi connectivity index (χ3n) is 6.28. The molecule has 1 amide bonds. The number of carbonyl (C=O) groups excluding carboxylic acids is 1. The number of carboxylic acids is 1. The van der Waals surface area contributed by atoms with Gasteiger partial charge in [-0.05, 0) is 42.5 Å². The van der Waals surface area contributed by atoms with Gasteiger partial charge < -0.3 is 15.5 Å². The minimum absolute atomic E-state index is 0.128. The number of aliphatic carboxylic acids is 1. The number of aliphatic hydroxyl groups is 1. The second-order valence-corrected chi connectivity index (χ2v) is 10.7. The molecule has 0 aromatic heterocycles. The van der Waals surface area contributed by atoms with E-state index in [1.807, 2.05) is 55.5 Å². The lowest BCUT2D eigenvalue weighted by molar-refractivity contribution is -0.139. The van der Waals surface area contributed by atoms with Crippen molar-refractivity contribution in [3.63, 3.8) is 0 Å². The highest BCUT2D eigenvalue weighted by Crippen LogP contribution is 2.34. The number of aryl methyl sites for hydroxylation is 1. The summed E-state index contributed by atoms with van der Waals surface area (Å²) in [6.45, 7) is 5.57. The number of anilines is 1. The fourth-order valence-corrected chi connectivity index (χ4v) is 5.23. The maximum atomic E-state index is 12.0. The minimum Gasteiger partial charge on any atom is -0.481 e. The van der Waals surface area contributed by atoms with E-state index in [1.165, 1.54) is 62.8 Å². The summed E-state index contributed by atoms with van der Waals surface area (Å²) in [4.78, 5) is 24.3. The number of amides is 1. The van der Waals surface area contributed by atoms with Crippen LogP contribution in [0.2, 0.25) is 0 Å². The Hall–Kier alpha value is -2.31. The number of rotatable bonds is 16. The Kier molecular flexibility index (Phi) is 12.9. The van der Waals surface area contributed by atoms with Crippen molar-refractivity contribution < 1.29 is 19.8 Å². The molecule has 0 aliphatic carbocycles. The molecule has 0 spiro atoms. The van der Waals surface area contributed by atoms with Gasteiger partial charge in [-0.1, -0.05) is 88.8 Å². The molecule has 0 radical (unpaired) electrons. The Morgan fingerprint density at radius 3 is 2.20 bits per heavy atom. The van der Waals surface area contributed by atoms with Gasteiger partial charge in [0, 0.05) is 17.1 Å². The molecule has 0 saturated heterocycles. The van der Waals surface area contributed by atoms with Gasteiger partial charge in [-0.25, -0.2) is 0 Å². The summed E-state index contributed by atoms with van der Waals surface area (Å²) >= 11 is 1.43. The van der Waals surface area contributed by atoms with Crippen LogP contribution in [0.15, 0.2) is 53.4 Å². The van der Waals surface area contributed by atoms with E-state index < -0.39 is 18.0 Å². The lowest BCUT2D eigenvalue weighted by Gasteiger charge is -2.23. The number of benzene rings is 2. The molecule has 6 heteroatoms. The first kappa shape index (κ1) is 28.9. The van der Waals surface area contributed by atoms with Crippen molar-refractivity contribution in [2.45, 2.75) is 101 Å². The highest BCUT2D eigenvalue weighted by atomic mass is 32.2. The van der Waals surface area contributed by atoms with E-state index in [2.05, 4.69) is 12.2 Å². The van der Waals surface area contributed by atoms with Crippen LogP contribution in [0.25, 0.3) is 0 Å². The topological polar surface area (TPSA) is 86.6 Å². The smallest absolute Gasteiger partial charge is 0.311 e. The van der Waals surface area contributed by atoms with Crippen LogP contribution in [0.5, 0.6) is 0 Å². The molecular formula is C29H41NO4S. The van der Waals surface area contributed by atoms with Crippen LogP contribution in [0.4, 0.5) is 5.69 Å². The number of hydrogen-bond acceptors (Lipinski definition) is 4. The van der Waals surface area contributed by atoms with Gasteiger partial charge in [0.05, 0.1) is 17.7 Å². The van der Waals surface area contributed by atoms with Gasteiger partial charge in [-0.15, -0.1) is 11.8 Å². The third-order valence-corrected chi connectivity index (χ3v) is 7.57. The summed E-state index contributed by atoms with van der Waals surface area (Å²) in [6.07, 6.45) is 9.21. The van der Waals surface area contributed by atoms with Gasteiger partial charge in [0.25, 0.3) is 0 Å². The number of para-hydroxylation sites is 1. The van der Waals surface area contributed by atoms with E-state index in [-0.39, 0.29) is 17.6 Å². The van der Waals surface area contributed by atoms with Crippen LogP contribution in [0.3, 0.4) is 0 Å². The minimum atomic E-state index is -0.931. The molecule has 2 aromatic rings. The summed E-state index contributed by atoms with van der Waals surface area (Å²) in [5, 5.41) is 23.2. The summed E-state index contributed by atoms with van der Waals surface area (Å²) in [7, 11) is 0. The summed E-state index contributed by atoms with van der Waals surface area (Å²) < 4.78 is 0. The maximum Gasteiger partial charge on any atom is 0.311 e. The SMILES string of the molecule is CCCCCCCCCc1ccc(C(CC(O)C(C)Sc2ccccc2NC(C)=O)C(=O)O)cc1. The van der Waals surface area contributed by atoms with E-state index in [0.29, 0.717) is 5.69 Å². The number of unbranched alkanes of at least 4 members (excludes halogenated alkanes) is 6. The highest BCUT2D eigenvalue weighted by Gasteiger charge is 2.27. The van der Waals surface area contributed by atoms with Gasteiger partial charge in [-0.3, -0.25) is 9.59 Å². The van der Waals surface area contributed by atoms with E-state index in [4.69, 9.17) is 0 Å². The summed E-state index contributed by atoms with van der Waals surface area (Å²) in [5.41, 5.74) is 2.64. The highest BCUT2D eigenvalue weighted by molar-refractivity contribution is 8.00. The number of thioether (sulfide) groups is 1. The van der Waals surface area contributed by atoms with Gasteiger partial charge in [0.1, 0.15) is 0 Å². The molecule has 0 heterocycles. The van der Waals surface area contributed by atoms with Gasteiger partial charge >= 0.3 is 5.97 Å². The first-order chi connectivity index (χ1) is 16.8. The quantitative estimate of drug-likeness (QED) is 0.170. The predicted molar refractivity (Wildman–Crippen MR) is 145 cm³/mol. The molecule has 192 valence electrons. The average Bonchev–Trinajstić information content (AvgIpc) is 2.83. The van der Waals surface area contributed by atoms with Crippen molar-refractivity contribution in [2.24, 2.45) is 0 Å². The van der Waals surface area contributed by atoms with Crippen molar-refractivity contribution >= 4 is 29.3 Å².